The molecule has 0 saturated carbocycles. The second-order valence-corrected chi connectivity index (χ2v) is 9.23. The molecule has 0 amide bonds. The summed E-state index contributed by atoms with van der Waals surface area (Å²) in [5.74, 6) is -0.313. The second-order valence-electron chi connectivity index (χ2n) is 9.23. The molecule has 5 nitrogen and oxygen atoms in total. The molecule has 0 spiro atoms. The largest absolute Gasteiger partial charge is 0.465 e. The quantitative estimate of drug-likeness (QED) is 0.0877. The van der Waals surface area contributed by atoms with E-state index in [1.165, 1.54) is 38.5 Å². The number of nitrogens with zero attached hydrogens (tertiary/aromatic N) is 1. The molecule has 0 fully saturated rings. The molecule has 0 aliphatic rings. The van der Waals surface area contributed by atoms with Gasteiger partial charge in [0.1, 0.15) is 0 Å². The molecule has 0 heterocycles. The van der Waals surface area contributed by atoms with E-state index in [-0.39, 0.29) is 17.9 Å². The highest BCUT2D eigenvalue weighted by Crippen LogP contribution is 2.09. The monoisotopic (exact) mass is 479 g/mol. The lowest BCUT2D eigenvalue weighted by atomic mass is 10.1. The molecule has 0 bridgehead atoms. The summed E-state index contributed by atoms with van der Waals surface area (Å²) in [6.45, 7) is 11.5. The normalized spacial score (nSPS) is 12.6. The minimum atomic E-state index is -0.185. The summed E-state index contributed by atoms with van der Waals surface area (Å²) in [4.78, 5) is 25.9. The SMILES string of the molecule is CCCCC/C=C\C/C=C\CCCCCCCC(=O)OCC(C)COC(=O)CCN(CC)CC. The van der Waals surface area contributed by atoms with Crippen molar-refractivity contribution in [3.05, 3.63) is 24.3 Å². The van der Waals surface area contributed by atoms with E-state index in [0.29, 0.717) is 26.1 Å². The molecule has 0 aliphatic carbocycles. The zero-order valence-corrected chi connectivity index (χ0v) is 22.7. The zero-order chi connectivity index (χ0) is 25.3. The third-order valence-corrected chi connectivity index (χ3v) is 5.92. The molecule has 5 heteroatoms. The van der Waals surface area contributed by atoms with Crippen molar-refractivity contribution in [2.45, 2.75) is 111 Å². The average molecular weight is 480 g/mol. The average Bonchev–Trinajstić information content (AvgIpc) is 2.84. The van der Waals surface area contributed by atoms with Crippen LogP contribution in [0.25, 0.3) is 0 Å². The number of ether oxygens (including phenoxy) is 2. The first kappa shape index (κ1) is 32.4. The molecular weight excluding hydrogens is 426 g/mol. The van der Waals surface area contributed by atoms with Crippen molar-refractivity contribution in [1.82, 2.24) is 4.90 Å². The molecule has 0 aromatic carbocycles. The Bertz CT molecular complexity index is 540. The number of unbranched alkanes of at least 4 members (excludes halogenated alkanes) is 8. The molecular formula is C29H53NO4. The van der Waals surface area contributed by atoms with E-state index in [4.69, 9.17) is 9.47 Å². The summed E-state index contributed by atoms with van der Waals surface area (Å²) in [5.41, 5.74) is 0. The summed E-state index contributed by atoms with van der Waals surface area (Å²) in [7, 11) is 0. The first-order chi connectivity index (χ1) is 16.5. The maximum Gasteiger partial charge on any atom is 0.307 e. The van der Waals surface area contributed by atoms with Crippen LogP contribution in [0, 0.1) is 5.92 Å². The van der Waals surface area contributed by atoms with Crippen LogP contribution < -0.4 is 0 Å². The van der Waals surface area contributed by atoms with Crippen molar-refractivity contribution in [3.8, 4) is 0 Å². The second kappa shape index (κ2) is 24.5. The van der Waals surface area contributed by atoms with Crippen LogP contribution in [0.5, 0.6) is 0 Å². The highest BCUT2D eigenvalue weighted by Gasteiger charge is 2.11. The third-order valence-electron chi connectivity index (χ3n) is 5.92. The lowest BCUT2D eigenvalue weighted by Gasteiger charge is -2.17. The van der Waals surface area contributed by atoms with E-state index in [2.05, 4.69) is 50.0 Å². The Morgan fingerprint density at radius 3 is 1.82 bits per heavy atom. The van der Waals surface area contributed by atoms with Gasteiger partial charge in [0, 0.05) is 18.9 Å². The van der Waals surface area contributed by atoms with Crippen LogP contribution in [0.15, 0.2) is 24.3 Å². The highest BCUT2D eigenvalue weighted by molar-refractivity contribution is 5.69. The molecule has 0 saturated heterocycles. The summed E-state index contributed by atoms with van der Waals surface area (Å²) in [6, 6.07) is 0. The van der Waals surface area contributed by atoms with Gasteiger partial charge in [-0.1, -0.05) is 84.1 Å². The number of carbonyl (C=O) groups is 2. The third kappa shape index (κ3) is 22.2. The van der Waals surface area contributed by atoms with Gasteiger partial charge < -0.3 is 14.4 Å². The molecule has 0 aromatic rings. The van der Waals surface area contributed by atoms with Crippen molar-refractivity contribution in [3.63, 3.8) is 0 Å². The predicted octanol–water partition coefficient (Wildman–Crippen LogP) is 7.25. The first-order valence-electron chi connectivity index (χ1n) is 13.9. The van der Waals surface area contributed by atoms with Gasteiger partial charge in [0.2, 0.25) is 0 Å². The van der Waals surface area contributed by atoms with Crippen LogP contribution in [0.4, 0.5) is 0 Å². The van der Waals surface area contributed by atoms with Crippen LogP contribution in [0.2, 0.25) is 0 Å². The van der Waals surface area contributed by atoms with Gasteiger partial charge >= 0.3 is 11.9 Å². The lowest BCUT2D eigenvalue weighted by molar-refractivity contribution is -0.148. The number of carbonyl (C=O) groups excluding carboxylic acids is 2. The van der Waals surface area contributed by atoms with Crippen LogP contribution in [-0.2, 0) is 19.1 Å². The lowest BCUT2D eigenvalue weighted by Crippen LogP contribution is -2.27. The molecule has 0 rings (SSSR count). The van der Waals surface area contributed by atoms with E-state index in [0.717, 1.165) is 51.7 Å². The fourth-order valence-corrected chi connectivity index (χ4v) is 3.53. The Morgan fingerprint density at radius 2 is 1.24 bits per heavy atom. The number of rotatable bonds is 23. The molecule has 34 heavy (non-hydrogen) atoms. The number of esters is 2. The van der Waals surface area contributed by atoms with Crippen LogP contribution in [0.3, 0.4) is 0 Å². The Hall–Kier alpha value is -1.62. The molecule has 0 aliphatic heterocycles. The Morgan fingerprint density at radius 1 is 0.706 bits per heavy atom. The van der Waals surface area contributed by atoms with Gasteiger partial charge in [0.05, 0.1) is 19.6 Å². The van der Waals surface area contributed by atoms with Gasteiger partial charge in [-0.05, 0) is 51.6 Å². The van der Waals surface area contributed by atoms with E-state index < -0.39 is 0 Å². The van der Waals surface area contributed by atoms with Crippen LogP contribution in [-0.4, -0.2) is 49.7 Å². The van der Waals surface area contributed by atoms with Gasteiger partial charge in [-0.15, -0.1) is 0 Å². The van der Waals surface area contributed by atoms with Crippen molar-refractivity contribution < 1.29 is 19.1 Å². The summed E-state index contributed by atoms with van der Waals surface area (Å²) < 4.78 is 10.6. The molecule has 0 radical (unpaired) electrons. The van der Waals surface area contributed by atoms with Gasteiger partial charge in [-0.3, -0.25) is 9.59 Å². The van der Waals surface area contributed by atoms with Crippen molar-refractivity contribution in [2.24, 2.45) is 5.92 Å². The Kier molecular flexibility index (Phi) is 23.3. The van der Waals surface area contributed by atoms with Crippen molar-refractivity contribution in [1.29, 1.82) is 0 Å². The predicted molar refractivity (Wildman–Crippen MR) is 143 cm³/mol. The summed E-state index contributed by atoms with van der Waals surface area (Å²) in [5, 5.41) is 0. The maximum absolute atomic E-state index is 11.9. The molecule has 198 valence electrons. The Labute approximate surface area is 210 Å². The minimum Gasteiger partial charge on any atom is -0.465 e. The van der Waals surface area contributed by atoms with E-state index in [1.807, 2.05) is 6.92 Å². The maximum atomic E-state index is 11.9. The van der Waals surface area contributed by atoms with Crippen LogP contribution >= 0.6 is 0 Å². The standard InChI is InChI=1S/C29H53NO4/c1-5-8-9-10-11-12-13-14-15-16-17-18-19-20-21-22-28(31)33-25-27(4)26-34-29(32)23-24-30(6-2)7-3/h11-12,14-15,27H,5-10,13,16-26H2,1-4H3/b12-11-,15-14-. The van der Waals surface area contributed by atoms with Gasteiger partial charge in [-0.2, -0.15) is 0 Å². The van der Waals surface area contributed by atoms with Gasteiger partial charge in [0.15, 0.2) is 0 Å². The van der Waals surface area contributed by atoms with Gasteiger partial charge in [0.25, 0.3) is 0 Å². The molecule has 1 atom stereocenters. The number of allylic oxidation sites excluding steroid dienone is 4. The van der Waals surface area contributed by atoms with Crippen LogP contribution in [0.1, 0.15) is 111 Å². The number of hydrogen-bond acceptors (Lipinski definition) is 5. The Balaban J connectivity index is 3.55. The van der Waals surface area contributed by atoms with Crippen molar-refractivity contribution in [2.75, 3.05) is 32.8 Å². The smallest absolute Gasteiger partial charge is 0.307 e. The molecule has 1 unspecified atom stereocenters. The highest BCUT2D eigenvalue weighted by atomic mass is 16.5. The zero-order valence-electron chi connectivity index (χ0n) is 22.7. The molecule has 0 aromatic heterocycles. The van der Waals surface area contributed by atoms with Gasteiger partial charge in [-0.25, -0.2) is 0 Å². The summed E-state index contributed by atoms with van der Waals surface area (Å²) >= 11 is 0. The van der Waals surface area contributed by atoms with Crippen molar-refractivity contribution >= 4 is 11.9 Å². The van der Waals surface area contributed by atoms with E-state index >= 15 is 0 Å². The minimum absolute atomic E-state index is 0.0194. The van der Waals surface area contributed by atoms with E-state index in [9.17, 15) is 9.59 Å². The fraction of sp³-hybridized carbons (Fsp3) is 0.793. The van der Waals surface area contributed by atoms with E-state index in [1.54, 1.807) is 0 Å². The summed E-state index contributed by atoms with van der Waals surface area (Å²) in [6.07, 6.45) is 22.9. The first-order valence-corrected chi connectivity index (χ1v) is 13.9. The topological polar surface area (TPSA) is 55.8 Å². The number of hydrogen-bond donors (Lipinski definition) is 0. The fourth-order valence-electron chi connectivity index (χ4n) is 3.53. The molecule has 0 N–H and O–H groups in total.